The van der Waals surface area contributed by atoms with Gasteiger partial charge in [0, 0.05) is 32.2 Å². The molecule has 1 aromatic heterocycles. The van der Waals surface area contributed by atoms with Gasteiger partial charge in [-0.25, -0.2) is 9.97 Å². The molecule has 0 aliphatic heterocycles. The van der Waals surface area contributed by atoms with Crippen molar-refractivity contribution >= 4 is 11.6 Å². The number of rotatable bonds is 8. The minimum atomic E-state index is 0.157. The second-order valence-electron chi connectivity index (χ2n) is 5.01. The van der Waals surface area contributed by atoms with Crippen LogP contribution in [-0.2, 0) is 4.74 Å². The highest BCUT2D eigenvalue weighted by Crippen LogP contribution is 2.17. The van der Waals surface area contributed by atoms with Crippen LogP contribution in [0.4, 0.5) is 11.6 Å². The molecule has 5 heteroatoms. The fourth-order valence-corrected chi connectivity index (χ4v) is 1.49. The van der Waals surface area contributed by atoms with Gasteiger partial charge in [0.2, 0.25) is 0 Å². The molecule has 1 heterocycles. The van der Waals surface area contributed by atoms with Gasteiger partial charge in [-0.2, -0.15) is 0 Å². The van der Waals surface area contributed by atoms with Crippen LogP contribution in [-0.4, -0.2) is 36.3 Å². The number of nitrogens with one attached hydrogen (secondary N) is 2. The molecular weight excluding hydrogens is 240 g/mol. The van der Waals surface area contributed by atoms with Gasteiger partial charge in [-0.1, -0.05) is 20.8 Å². The van der Waals surface area contributed by atoms with Gasteiger partial charge in [0.15, 0.2) is 0 Å². The van der Waals surface area contributed by atoms with Gasteiger partial charge in [-0.05, 0) is 13.3 Å². The van der Waals surface area contributed by atoms with Crippen molar-refractivity contribution in [3.63, 3.8) is 0 Å². The lowest BCUT2D eigenvalue weighted by Crippen LogP contribution is -2.19. The molecule has 0 amide bonds. The summed E-state index contributed by atoms with van der Waals surface area (Å²) < 4.78 is 5.22. The average Bonchev–Trinajstić information content (AvgIpc) is 2.42. The average molecular weight is 266 g/mol. The van der Waals surface area contributed by atoms with Gasteiger partial charge in [0.25, 0.3) is 0 Å². The third-order valence-electron chi connectivity index (χ3n) is 2.79. The number of hydrogen-bond acceptors (Lipinski definition) is 5. The van der Waals surface area contributed by atoms with Crippen LogP contribution in [0.25, 0.3) is 0 Å². The maximum atomic E-state index is 5.22. The Hall–Kier alpha value is -1.36. The molecule has 0 saturated heterocycles. The summed E-state index contributed by atoms with van der Waals surface area (Å²) in [4.78, 5) is 9.05. The van der Waals surface area contributed by atoms with Crippen LogP contribution < -0.4 is 10.6 Å². The number of hydrogen-bond donors (Lipinski definition) is 2. The van der Waals surface area contributed by atoms with Crippen molar-refractivity contribution < 1.29 is 4.74 Å². The van der Waals surface area contributed by atoms with E-state index >= 15 is 0 Å². The van der Waals surface area contributed by atoms with Gasteiger partial charge >= 0.3 is 0 Å². The number of anilines is 2. The third-order valence-corrected chi connectivity index (χ3v) is 2.79. The zero-order valence-corrected chi connectivity index (χ0v) is 12.7. The van der Waals surface area contributed by atoms with Crippen LogP contribution in [0.15, 0.2) is 6.07 Å². The Kier molecular flexibility index (Phi) is 6.56. The van der Waals surface area contributed by atoms with Gasteiger partial charge < -0.3 is 15.4 Å². The van der Waals surface area contributed by atoms with E-state index in [0.717, 1.165) is 37.0 Å². The Labute approximate surface area is 116 Å². The first-order chi connectivity index (χ1) is 9.06. The van der Waals surface area contributed by atoms with Crippen molar-refractivity contribution in [1.29, 1.82) is 0 Å². The molecule has 1 aromatic rings. The molecule has 19 heavy (non-hydrogen) atoms. The van der Waals surface area contributed by atoms with Crippen LogP contribution in [0.3, 0.4) is 0 Å². The van der Waals surface area contributed by atoms with Crippen molar-refractivity contribution in [2.24, 2.45) is 0 Å². The van der Waals surface area contributed by atoms with E-state index in [0.29, 0.717) is 5.92 Å². The molecular formula is C14H26N4O. The monoisotopic (exact) mass is 266 g/mol. The molecule has 108 valence electrons. The van der Waals surface area contributed by atoms with E-state index in [-0.39, 0.29) is 6.10 Å². The van der Waals surface area contributed by atoms with E-state index < -0.39 is 0 Å². The summed E-state index contributed by atoms with van der Waals surface area (Å²) in [5.74, 6) is 2.90. The van der Waals surface area contributed by atoms with E-state index in [4.69, 9.17) is 4.74 Å². The quantitative estimate of drug-likeness (QED) is 0.757. The highest BCUT2D eigenvalue weighted by molar-refractivity contribution is 5.47. The predicted octanol–water partition coefficient (Wildman–Crippen LogP) is 2.87. The lowest BCUT2D eigenvalue weighted by atomic mass is 10.2. The summed E-state index contributed by atoms with van der Waals surface area (Å²) in [6, 6.07) is 1.95. The van der Waals surface area contributed by atoms with E-state index in [1.807, 2.05) is 13.0 Å². The number of aromatic nitrogens is 2. The lowest BCUT2D eigenvalue weighted by Gasteiger charge is -2.14. The Morgan fingerprint density at radius 3 is 2.32 bits per heavy atom. The van der Waals surface area contributed by atoms with Crippen LogP contribution in [0, 0.1) is 0 Å². The zero-order chi connectivity index (χ0) is 14.3. The summed E-state index contributed by atoms with van der Waals surface area (Å²) in [7, 11) is 1.71. The van der Waals surface area contributed by atoms with Gasteiger partial charge in [0.05, 0.1) is 6.10 Å². The van der Waals surface area contributed by atoms with Crippen molar-refractivity contribution in [3.8, 4) is 0 Å². The van der Waals surface area contributed by atoms with E-state index in [1.165, 1.54) is 0 Å². The number of nitrogens with zero attached hydrogens (tertiary/aromatic N) is 2. The highest BCUT2D eigenvalue weighted by atomic mass is 16.5. The minimum absolute atomic E-state index is 0.157. The number of methoxy groups -OCH3 is 1. The molecule has 0 radical (unpaired) electrons. The molecule has 1 rings (SSSR count). The van der Waals surface area contributed by atoms with Crippen molar-refractivity contribution in [3.05, 3.63) is 11.9 Å². The third kappa shape index (κ3) is 5.42. The van der Waals surface area contributed by atoms with E-state index in [1.54, 1.807) is 7.11 Å². The lowest BCUT2D eigenvalue weighted by molar-refractivity contribution is 0.128. The normalized spacial score (nSPS) is 12.5. The van der Waals surface area contributed by atoms with E-state index in [9.17, 15) is 0 Å². The van der Waals surface area contributed by atoms with Gasteiger partial charge in [-0.15, -0.1) is 0 Å². The summed E-state index contributed by atoms with van der Waals surface area (Å²) in [6.45, 7) is 10.0. The van der Waals surface area contributed by atoms with E-state index in [2.05, 4.69) is 41.4 Å². The first-order valence-electron chi connectivity index (χ1n) is 6.96. The second-order valence-corrected chi connectivity index (χ2v) is 5.01. The zero-order valence-electron chi connectivity index (χ0n) is 12.7. The molecule has 0 fully saturated rings. The number of ether oxygens (including phenoxy) is 1. The Morgan fingerprint density at radius 1 is 1.16 bits per heavy atom. The van der Waals surface area contributed by atoms with Crippen molar-refractivity contribution in [2.75, 3.05) is 30.8 Å². The predicted molar refractivity (Wildman–Crippen MR) is 79.9 cm³/mol. The molecule has 0 spiro atoms. The second kappa shape index (κ2) is 7.94. The first kappa shape index (κ1) is 15.7. The Morgan fingerprint density at radius 2 is 1.79 bits per heavy atom. The van der Waals surface area contributed by atoms with Crippen LogP contribution in [0.1, 0.15) is 45.9 Å². The highest BCUT2D eigenvalue weighted by Gasteiger charge is 2.08. The Balaban J connectivity index is 2.80. The maximum Gasteiger partial charge on any atom is 0.135 e. The van der Waals surface area contributed by atoms with Crippen LogP contribution in [0.2, 0.25) is 0 Å². The molecule has 1 unspecified atom stereocenters. The first-order valence-corrected chi connectivity index (χ1v) is 6.96. The standard InChI is InChI=1S/C14H26N4O/c1-6-7-15-12-8-13(16-9-11(4)19-5)18-14(17-12)10(2)3/h8,10-11H,6-7,9H2,1-5H3,(H2,15,16,17,18). The molecule has 2 N–H and O–H groups in total. The SMILES string of the molecule is CCCNc1cc(NCC(C)OC)nc(C(C)C)n1. The molecule has 0 aliphatic carbocycles. The van der Waals surface area contributed by atoms with Crippen LogP contribution >= 0.6 is 0 Å². The molecule has 0 saturated carbocycles. The summed E-state index contributed by atoms with van der Waals surface area (Å²) in [5.41, 5.74) is 0. The summed E-state index contributed by atoms with van der Waals surface area (Å²) in [6.07, 6.45) is 1.23. The van der Waals surface area contributed by atoms with Crippen molar-refractivity contribution in [1.82, 2.24) is 9.97 Å². The molecule has 0 aromatic carbocycles. The van der Waals surface area contributed by atoms with Gasteiger partial charge in [0.1, 0.15) is 17.5 Å². The fourth-order valence-electron chi connectivity index (χ4n) is 1.49. The molecule has 5 nitrogen and oxygen atoms in total. The van der Waals surface area contributed by atoms with Crippen molar-refractivity contribution in [2.45, 2.75) is 46.1 Å². The molecule has 0 bridgehead atoms. The largest absolute Gasteiger partial charge is 0.380 e. The molecule has 0 aliphatic rings. The van der Waals surface area contributed by atoms with Crippen LogP contribution in [0.5, 0.6) is 0 Å². The minimum Gasteiger partial charge on any atom is -0.380 e. The maximum absolute atomic E-state index is 5.22. The van der Waals surface area contributed by atoms with Gasteiger partial charge in [-0.3, -0.25) is 0 Å². The summed E-state index contributed by atoms with van der Waals surface area (Å²) >= 11 is 0. The molecule has 1 atom stereocenters. The fraction of sp³-hybridized carbons (Fsp3) is 0.714. The summed E-state index contributed by atoms with van der Waals surface area (Å²) in [5, 5.41) is 6.60. The Bertz CT molecular complexity index is 382. The topological polar surface area (TPSA) is 59.1 Å². The smallest absolute Gasteiger partial charge is 0.135 e.